The van der Waals surface area contributed by atoms with Crippen molar-refractivity contribution < 1.29 is 14.6 Å². The second kappa shape index (κ2) is 5.61. The summed E-state index contributed by atoms with van der Waals surface area (Å²) in [6, 6.07) is 7.63. The Hall–Kier alpha value is -1.55. The monoisotopic (exact) mass is 263 g/mol. The van der Waals surface area contributed by atoms with Gasteiger partial charge in [0.25, 0.3) is 0 Å². The Kier molecular flexibility index (Phi) is 4.10. The molecule has 1 heterocycles. The van der Waals surface area contributed by atoms with Gasteiger partial charge in [0.2, 0.25) is 5.91 Å². The fourth-order valence-electron chi connectivity index (χ4n) is 2.14. The van der Waals surface area contributed by atoms with E-state index >= 15 is 0 Å². The third-order valence-electron chi connectivity index (χ3n) is 3.68. The normalized spacial score (nSPS) is 20.9. The van der Waals surface area contributed by atoms with Gasteiger partial charge >= 0.3 is 0 Å². The minimum atomic E-state index is -0.847. The second-order valence-electron chi connectivity index (χ2n) is 5.30. The zero-order chi connectivity index (χ0) is 13.9. The number of rotatable bonds is 4. The van der Waals surface area contributed by atoms with E-state index in [9.17, 15) is 9.90 Å². The first-order chi connectivity index (χ1) is 9.03. The van der Waals surface area contributed by atoms with Crippen LogP contribution >= 0.6 is 0 Å². The van der Waals surface area contributed by atoms with Crippen LogP contribution in [0, 0.1) is 0 Å². The molecule has 4 heteroatoms. The van der Waals surface area contributed by atoms with Crippen molar-refractivity contribution in [1.82, 2.24) is 5.32 Å². The van der Waals surface area contributed by atoms with Gasteiger partial charge < -0.3 is 15.2 Å². The number of nitrogens with one attached hydrogen (secondary N) is 1. The van der Waals surface area contributed by atoms with Crippen molar-refractivity contribution in [1.29, 1.82) is 0 Å². The van der Waals surface area contributed by atoms with Crippen LogP contribution < -0.4 is 10.1 Å². The van der Waals surface area contributed by atoms with Crippen LogP contribution in [0.15, 0.2) is 24.3 Å². The van der Waals surface area contributed by atoms with E-state index in [0.29, 0.717) is 19.4 Å². The van der Waals surface area contributed by atoms with Crippen molar-refractivity contribution >= 4 is 5.91 Å². The Morgan fingerprint density at radius 3 is 3.00 bits per heavy atom. The number of amides is 1. The van der Waals surface area contributed by atoms with Crippen LogP contribution in [0.3, 0.4) is 0 Å². The number of fused-ring (bicyclic) bond motifs is 1. The van der Waals surface area contributed by atoms with Crippen molar-refractivity contribution in [2.45, 2.75) is 38.2 Å². The Morgan fingerprint density at radius 1 is 1.53 bits per heavy atom. The number of carbonyl (C=O) groups excluding carboxylic acids is 1. The van der Waals surface area contributed by atoms with Crippen molar-refractivity contribution in [3.8, 4) is 5.75 Å². The van der Waals surface area contributed by atoms with Crippen LogP contribution in [0.5, 0.6) is 5.75 Å². The van der Waals surface area contributed by atoms with Crippen molar-refractivity contribution in [3.05, 3.63) is 29.8 Å². The van der Waals surface area contributed by atoms with Crippen LogP contribution in [0.2, 0.25) is 0 Å². The molecule has 0 aromatic heterocycles. The highest BCUT2D eigenvalue weighted by atomic mass is 16.5. The summed E-state index contributed by atoms with van der Waals surface area (Å²) in [4.78, 5) is 12.2. The number of carbonyl (C=O) groups is 1. The Bertz CT molecular complexity index is 456. The Labute approximate surface area is 113 Å². The molecule has 0 aliphatic carbocycles. The predicted molar refractivity (Wildman–Crippen MR) is 73.2 cm³/mol. The number of hydrogen-bond acceptors (Lipinski definition) is 3. The zero-order valence-corrected chi connectivity index (χ0v) is 11.5. The average Bonchev–Trinajstić information content (AvgIpc) is 2.44. The molecule has 1 aliphatic heterocycles. The van der Waals surface area contributed by atoms with Gasteiger partial charge in [-0.1, -0.05) is 25.1 Å². The fraction of sp³-hybridized carbons (Fsp3) is 0.533. The molecule has 104 valence electrons. The van der Waals surface area contributed by atoms with Gasteiger partial charge in [-0.2, -0.15) is 0 Å². The third kappa shape index (κ3) is 3.26. The summed E-state index contributed by atoms with van der Waals surface area (Å²) in [5, 5.41) is 12.8. The molecule has 0 saturated carbocycles. The lowest BCUT2D eigenvalue weighted by Gasteiger charge is -2.27. The van der Waals surface area contributed by atoms with Crippen LogP contribution in [0.25, 0.3) is 0 Å². The third-order valence-corrected chi connectivity index (χ3v) is 3.68. The maximum Gasteiger partial charge on any atom is 0.227 e. The van der Waals surface area contributed by atoms with Gasteiger partial charge in [-0.3, -0.25) is 4.79 Å². The molecule has 2 rings (SSSR count). The van der Waals surface area contributed by atoms with Gasteiger partial charge in [-0.15, -0.1) is 0 Å². The van der Waals surface area contributed by atoms with Gasteiger partial charge in [0, 0.05) is 12.1 Å². The van der Waals surface area contributed by atoms with Gasteiger partial charge in [0.15, 0.2) is 0 Å². The SMILES string of the molecule is CCC(C)(O)CNC(=O)C1CCOc2ccccc21. The van der Waals surface area contributed by atoms with Crippen LogP contribution in [-0.4, -0.2) is 29.8 Å². The summed E-state index contributed by atoms with van der Waals surface area (Å²) in [6.45, 7) is 4.46. The highest BCUT2D eigenvalue weighted by molar-refractivity contribution is 5.84. The van der Waals surface area contributed by atoms with Gasteiger partial charge in [-0.25, -0.2) is 0 Å². The van der Waals surface area contributed by atoms with Gasteiger partial charge in [-0.05, 0) is 25.8 Å². The summed E-state index contributed by atoms with van der Waals surface area (Å²) in [5.41, 5.74) is 0.0859. The zero-order valence-electron chi connectivity index (χ0n) is 11.5. The van der Waals surface area contributed by atoms with Crippen LogP contribution in [0.1, 0.15) is 38.2 Å². The van der Waals surface area contributed by atoms with Gasteiger partial charge in [0.1, 0.15) is 5.75 Å². The molecule has 2 N–H and O–H groups in total. The molecule has 1 aromatic carbocycles. The number of aliphatic hydroxyl groups is 1. The highest BCUT2D eigenvalue weighted by Crippen LogP contribution is 2.33. The van der Waals surface area contributed by atoms with E-state index in [0.717, 1.165) is 11.3 Å². The topological polar surface area (TPSA) is 58.6 Å². The summed E-state index contributed by atoms with van der Waals surface area (Å²) in [7, 11) is 0. The summed E-state index contributed by atoms with van der Waals surface area (Å²) >= 11 is 0. The smallest absolute Gasteiger partial charge is 0.227 e. The Morgan fingerprint density at radius 2 is 2.26 bits per heavy atom. The van der Waals surface area contributed by atoms with E-state index < -0.39 is 5.60 Å². The summed E-state index contributed by atoms with van der Waals surface area (Å²) in [6.07, 6.45) is 1.29. The van der Waals surface area contributed by atoms with E-state index in [2.05, 4.69) is 5.32 Å². The van der Waals surface area contributed by atoms with Crippen molar-refractivity contribution in [2.24, 2.45) is 0 Å². The van der Waals surface area contributed by atoms with E-state index in [-0.39, 0.29) is 18.4 Å². The molecule has 0 saturated heterocycles. The molecule has 1 aromatic rings. The molecule has 0 fully saturated rings. The molecule has 0 radical (unpaired) electrons. The lowest BCUT2D eigenvalue weighted by Crippen LogP contribution is -2.42. The fourth-order valence-corrected chi connectivity index (χ4v) is 2.14. The predicted octanol–water partition coefficient (Wildman–Crippen LogP) is 1.83. The second-order valence-corrected chi connectivity index (χ2v) is 5.30. The quantitative estimate of drug-likeness (QED) is 0.871. The Balaban J connectivity index is 2.05. The first kappa shape index (κ1) is 13.9. The largest absolute Gasteiger partial charge is 0.493 e. The van der Waals surface area contributed by atoms with E-state index in [1.165, 1.54) is 0 Å². The van der Waals surface area contributed by atoms with E-state index in [1.54, 1.807) is 6.92 Å². The molecule has 4 nitrogen and oxygen atoms in total. The number of para-hydroxylation sites is 1. The first-order valence-corrected chi connectivity index (χ1v) is 6.75. The van der Waals surface area contributed by atoms with E-state index in [4.69, 9.17) is 4.74 Å². The van der Waals surface area contributed by atoms with Crippen LogP contribution in [0.4, 0.5) is 0 Å². The lowest BCUT2D eigenvalue weighted by atomic mass is 9.92. The van der Waals surface area contributed by atoms with Crippen molar-refractivity contribution in [2.75, 3.05) is 13.2 Å². The highest BCUT2D eigenvalue weighted by Gasteiger charge is 2.28. The molecule has 2 atom stereocenters. The molecule has 2 unspecified atom stereocenters. The number of benzene rings is 1. The molecule has 0 bridgehead atoms. The first-order valence-electron chi connectivity index (χ1n) is 6.75. The minimum absolute atomic E-state index is 0.0375. The maximum absolute atomic E-state index is 12.2. The van der Waals surface area contributed by atoms with Crippen molar-refractivity contribution in [3.63, 3.8) is 0 Å². The molecule has 1 amide bonds. The molecule has 1 aliphatic rings. The number of hydrogen-bond donors (Lipinski definition) is 2. The van der Waals surface area contributed by atoms with E-state index in [1.807, 2.05) is 31.2 Å². The van der Waals surface area contributed by atoms with Crippen LogP contribution in [-0.2, 0) is 4.79 Å². The lowest BCUT2D eigenvalue weighted by molar-refractivity contribution is -0.124. The van der Waals surface area contributed by atoms with Gasteiger partial charge in [0.05, 0.1) is 18.1 Å². The average molecular weight is 263 g/mol. The summed E-state index contributed by atoms with van der Waals surface area (Å²) in [5.74, 6) is 0.568. The minimum Gasteiger partial charge on any atom is -0.493 e. The molecule has 19 heavy (non-hydrogen) atoms. The standard InChI is InChI=1S/C15H21NO3/c1-3-15(2,18)10-16-14(17)12-8-9-19-13-7-5-4-6-11(12)13/h4-7,12,18H,3,8-10H2,1-2H3,(H,16,17). The molecular formula is C15H21NO3. The maximum atomic E-state index is 12.2. The molecule has 0 spiro atoms. The number of ether oxygens (including phenoxy) is 1. The molecular weight excluding hydrogens is 242 g/mol. The summed E-state index contributed by atoms with van der Waals surface area (Å²) < 4.78 is 5.54.